The summed E-state index contributed by atoms with van der Waals surface area (Å²) in [6.45, 7) is 7.79. The van der Waals surface area contributed by atoms with Crippen LogP contribution in [0.4, 0.5) is 5.69 Å². The zero-order valence-corrected chi connectivity index (χ0v) is 12.9. The molecular formula is C17H23N3O. The topological polar surface area (TPSA) is 41.3 Å². The highest BCUT2D eigenvalue weighted by Crippen LogP contribution is 2.24. The van der Waals surface area contributed by atoms with E-state index in [0.29, 0.717) is 6.54 Å². The molecule has 0 amide bonds. The van der Waals surface area contributed by atoms with Crippen molar-refractivity contribution in [3.05, 3.63) is 47.2 Å². The van der Waals surface area contributed by atoms with Crippen LogP contribution in [0.25, 0.3) is 0 Å². The van der Waals surface area contributed by atoms with Crippen molar-refractivity contribution in [2.24, 2.45) is 0 Å². The lowest BCUT2D eigenvalue weighted by Crippen LogP contribution is -2.21. The van der Waals surface area contributed by atoms with Crippen molar-refractivity contribution in [1.29, 1.82) is 0 Å². The predicted molar refractivity (Wildman–Crippen MR) is 84.4 cm³/mol. The summed E-state index contributed by atoms with van der Waals surface area (Å²) in [6.07, 6.45) is 2.60. The van der Waals surface area contributed by atoms with Gasteiger partial charge in [-0.3, -0.25) is 0 Å². The van der Waals surface area contributed by atoms with Gasteiger partial charge in [0.2, 0.25) is 5.89 Å². The second kappa shape index (κ2) is 6.31. The fourth-order valence-corrected chi connectivity index (χ4v) is 2.85. The molecular weight excluding hydrogens is 262 g/mol. The lowest BCUT2D eigenvalue weighted by atomic mass is 10.1. The molecule has 1 aromatic heterocycles. The van der Waals surface area contributed by atoms with E-state index in [0.717, 1.165) is 23.9 Å². The van der Waals surface area contributed by atoms with Crippen LogP contribution in [-0.2, 0) is 13.1 Å². The third kappa shape index (κ3) is 3.27. The number of benzene rings is 1. The van der Waals surface area contributed by atoms with Crippen LogP contribution in [0.2, 0.25) is 0 Å². The van der Waals surface area contributed by atoms with Crippen molar-refractivity contribution in [2.75, 3.05) is 18.0 Å². The Bertz CT molecular complexity index is 580. The largest absolute Gasteiger partial charge is 0.444 e. The van der Waals surface area contributed by atoms with Gasteiger partial charge in [-0.15, -0.1) is 0 Å². The summed E-state index contributed by atoms with van der Waals surface area (Å²) in [5.74, 6) is 1.67. The molecule has 1 saturated heterocycles. The van der Waals surface area contributed by atoms with Crippen molar-refractivity contribution in [2.45, 2.75) is 39.8 Å². The minimum atomic E-state index is 0.670. The molecule has 0 spiro atoms. The van der Waals surface area contributed by atoms with Crippen molar-refractivity contribution in [1.82, 2.24) is 10.3 Å². The molecule has 21 heavy (non-hydrogen) atoms. The highest BCUT2D eigenvalue weighted by atomic mass is 16.4. The monoisotopic (exact) mass is 285 g/mol. The molecule has 1 aliphatic heterocycles. The summed E-state index contributed by atoms with van der Waals surface area (Å²) in [5.41, 5.74) is 3.69. The average molecular weight is 285 g/mol. The van der Waals surface area contributed by atoms with Gasteiger partial charge in [0.05, 0.1) is 12.2 Å². The number of anilines is 1. The van der Waals surface area contributed by atoms with E-state index >= 15 is 0 Å². The third-order valence-electron chi connectivity index (χ3n) is 4.10. The number of hydrogen-bond donors (Lipinski definition) is 1. The first-order valence-corrected chi connectivity index (χ1v) is 7.70. The van der Waals surface area contributed by atoms with Crippen LogP contribution in [0.15, 0.2) is 28.7 Å². The van der Waals surface area contributed by atoms with E-state index in [9.17, 15) is 0 Å². The van der Waals surface area contributed by atoms with Gasteiger partial charge >= 0.3 is 0 Å². The van der Waals surface area contributed by atoms with Gasteiger partial charge in [0, 0.05) is 25.3 Å². The Morgan fingerprint density at radius 2 is 1.90 bits per heavy atom. The van der Waals surface area contributed by atoms with E-state index in [1.807, 2.05) is 13.8 Å². The molecule has 0 bridgehead atoms. The molecule has 2 heterocycles. The van der Waals surface area contributed by atoms with E-state index in [2.05, 4.69) is 39.5 Å². The van der Waals surface area contributed by atoms with Gasteiger partial charge in [0.15, 0.2) is 0 Å². The van der Waals surface area contributed by atoms with E-state index in [4.69, 9.17) is 4.42 Å². The number of aryl methyl sites for hydroxylation is 2. The molecule has 0 atom stereocenters. The van der Waals surface area contributed by atoms with Gasteiger partial charge in [0.25, 0.3) is 0 Å². The molecule has 4 heteroatoms. The number of oxazole rings is 1. The molecule has 0 unspecified atom stereocenters. The molecule has 4 nitrogen and oxygen atoms in total. The second-order valence-corrected chi connectivity index (χ2v) is 5.68. The van der Waals surface area contributed by atoms with Crippen molar-refractivity contribution in [3.63, 3.8) is 0 Å². The van der Waals surface area contributed by atoms with Gasteiger partial charge < -0.3 is 14.6 Å². The van der Waals surface area contributed by atoms with Crippen LogP contribution in [-0.4, -0.2) is 18.1 Å². The number of nitrogens with one attached hydrogen (secondary N) is 1. The Morgan fingerprint density at radius 3 is 2.62 bits per heavy atom. The molecule has 0 radical (unpaired) electrons. The molecule has 2 aromatic rings. The van der Waals surface area contributed by atoms with Crippen LogP contribution in [0.1, 0.15) is 35.7 Å². The van der Waals surface area contributed by atoms with E-state index < -0.39 is 0 Å². The summed E-state index contributed by atoms with van der Waals surface area (Å²) in [4.78, 5) is 6.88. The fourth-order valence-electron chi connectivity index (χ4n) is 2.85. The van der Waals surface area contributed by atoms with Crippen LogP contribution in [0, 0.1) is 13.8 Å². The predicted octanol–water partition coefficient (Wildman–Crippen LogP) is 3.18. The van der Waals surface area contributed by atoms with Gasteiger partial charge in [-0.25, -0.2) is 4.98 Å². The zero-order chi connectivity index (χ0) is 14.7. The molecule has 1 N–H and O–H groups in total. The van der Waals surface area contributed by atoms with Crippen LogP contribution in [0.3, 0.4) is 0 Å². The van der Waals surface area contributed by atoms with Crippen molar-refractivity contribution in [3.8, 4) is 0 Å². The first-order valence-electron chi connectivity index (χ1n) is 7.70. The smallest absolute Gasteiger partial charge is 0.208 e. The maximum absolute atomic E-state index is 5.60. The lowest BCUT2D eigenvalue weighted by molar-refractivity contribution is 0.448. The van der Waals surface area contributed by atoms with Crippen molar-refractivity contribution >= 4 is 5.69 Å². The Morgan fingerprint density at radius 1 is 1.14 bits per heavy atom. The summed E-state index contributed by atoms with van der Waals surface area (Å²) < 4.78 is 5.60. The highest BCUT2D eigenvalue weighted by Gasteiger charge is 2.15. The van der Waals surface area contributed by atoms with Crippen LogP contribution < -0.4 is 10.2 Å². The Kier molecular flexibility index (Phi) is 4.25. The highest BCUT2D eigenvalue weighted by molar-refractivity contribution is 5.54. The maximum atomic E-state index is 5.60. The quantitative estimate of drug-likeness (QED) is 0.916. The molecule has 3 rings (SSSR count). The number of rotatable bonds is 5. The minimum Gasteiger partial charge on any atom is -0.444 e. The number of aromatic nitrogens is 1. The first kappa shape index (κ1) is 14.1. The summed E-state index contributed by atoms with van der Waals surface area (Å²) in [6, 6.07) is 8.66. The van der Waals surface area contributed by atoms with E-state index in [1.54, 1.807) is 0 Å². The molecule has 1 fully saturated rings. The Hall–Kier alpha value is -1.81. The lowest BCUT2D eigenvalue weighted by Gasteiger charge is -2.21. The molecule has 1 aliphatic rings. The summed E-state index contributed by atoms with van der Waals surface area (Å²) >= 11 is 0. The Labute approximate surface area is 126 Å². The Balaban J connectivity index is 1.62. The SMILES string of the molecule is Cc1nc(CNCc2ccccc2N2CCCC2)oc1C. The second-order valence-electron chi connectivity index (χ2n) is 5.68. The van der Waals surface area contributed by atoms with Gasteiger partial charge in [-0.05, 0) is 38.3 Å². The molecule has 112 valence electrons. The van der Waals surface area contributed by atoms with Crippen LogP contribution >= 0.6 is 0 Å². The van der Waals surface area contributed by atoms with E-state index in [1.165, 1.54) is 37.2 Å². The first-order chi connectivity index (χ1) is 10.2. The van der Waals surface area contributed by atoms with Crippen molar-refractivity contribution < 1.29 is 4.42 Å². The summed E-state index contributed by atoms with van der Waals surface area (Å²) in [7, 11) is 0. The number of para-hydroxylation sites is 1. The zero-order valence-electron chi connectivity index (χ0n) is 12.9. The van der Waals surface area contributed by atoms with Gasteiger partial charge in [-0.2, -0.15) is 0 Å². The van der Waals surface area contributed by atoms with Gasteiger partial charge in [-0.1, -0.05) is 18.2 Å². The normalized spacial score (nSPS) is 14.9. The van der Waals surface area contributed by atoms with Gasteiger partial charge in [0.1, 0.15) is 5.76 Å². The third-order valence-corrected chi connectivity index (χ3v) is 4.10. The minimum absolute atomic E-state index is 0.670. The maximum Gasteiger partial charge on any atom is 0.208 e. The van der Waals surface area contributed by atoms with E-state index in [-0.39, 0.29) is 0 Å². The summed E-state index contributed by atoms with van der Waals surface area (Å²) in [5, 5.41) is 3.44. The molecule has 0 saturated carbocycles. The molecule has 0 aliphatic carbocycles. The molecule has 1 aromatic carbocycles. The average Bonchev–Trinajstić information content (AvgIpc) is 3.11. The van der Waals surface area contributed by atoms with Crippen LogP contribution in [0.5, 0.6) is 0 Å². The number of nitrogens with zero attached hydrogens (tertiary/aromatic N) is 2. The number of hydrogen-bond acceptors (Lipinski definition) is 4. The standard InChI is InChI=1S/C17H23N3O/c1-13-14(2)21-17(19-13)12-18-11-15-7-3-4-8-16(15)20-9-5-6-10-20/h3-4,7-8,18H,5-6,9-12H2,1-2H3. The fraction of sp³-hybridized carbons (Fsp3) is 0.471.